The van der Waals surface area contributed by atoms with E-state index in [1.54, 1.807) is 13.0 Å². The van der Waals surface area contributed by atoms with E-state index >= 15 is 0 Å². The minimum Gasteiger partial charge on any atom is -0.480 e. The van der Waals surface area contributed by atoms with Crippen LogP contribution in [0.4, 0.5) is 0 Å². The summed E-state index contributed by atoms with van der Waals surface area (Å²) < 4.78 is 25.6. The number of hydrogen-bond donors (Lipinski definition) is 3. The van der Waals surface area contributed by atoms with E-state index in [9.17, 15) is 18.0 Å². The molecule has 0 bridgehead atoms. The predicted molar refractivity (Wildman–Crippen MR) is 64.6 cm³/mol. The van der Waals surface area contributed by atoms with Crippen molar-refractivity contribution in [3.63, 3.8) is 0 Å². The van der Waals surface area contributed by atoms with E-state index in [-0.39, 0.29) is 4.21 Å². The lowest BCUT2D eigenvalue weighted by atomic mass is 10.2. The first-order valence-corrected chi connectivity index (χ1v) is 7.12. The molecule has 0 saturated carbocycles. The van der Waals surface area contributed by atoms with Crippen molar-refractivity contribution in [1.82, 2.24) is 4.72 Å². The molecule has 1 aromatic heterocycles. The minimum atomic E-state index is -3.95. The van der Waals surface area contributed by atoms with Crippen LogP contribution in [0.25, 0.3) is 0 Å². The fourth-order valence-electron chi connectivity index (χ4n) is 1.18. The van der Waals surface area contributed by atoms with Gasteiger partial charge in [0.2, 0.25) is 5.91 Å². The second kappa shape index (κ2) is 5.46. The van der Waals surface area contributed by atoms with Gasteiger partial charge >= 0.3 is 5.97 Å². The first-order chi connectivity index (χ1) is 8.22. The summed E-state index contributed by atoms with van der Waals surface area (Å²) in [6.07, 6.45) is -0.598. The van der Waals surface area contributed by atoms with Crippen LogP contribution < -0.4 is 10.5 Å². The number of carboxylic acids is 1. The minimum absolute atomic E-state index is 0.00396. The maximum absolute atomic E-state index is 11.8. The summed E-state index contributed by atoms with van der Waals surface area (Å²) in [5.74, 6) is -2.35. The molecule has 0 spiro atoms. The van der Waals surface area contributed by atoms with Gasteiger partial charge in [0.05, 0.1) is 6.42 Å². The van der Waals surface area contributed by atoms with Crippen molar-refractivity contribution in [2.24, 2.45) is 5.73 Å². The average Bonchev–Trinajstić information content (AvgIpc) is 2.63. The Labute approximate surface area is 108 Å². The zero-order valence-electron chi connectivity index (χ0n) is 9.41. The number of nitrogens with two attached hydrogens (primary N) is 1. The van der Waals surface area contributed by atoms with Crippen molar-refractivity contribution < 1.29 is 23.1 Å². The summed E-state index contributed by atoms with van der Waals surface area (Å²) in [6.45, 7) is 1.72. The Hall–Kier alpha value is -1.45. The van der Waals surface area contributed by atoms with Crippen molar-refractivity contribution in [3.8, 4) is 0 Å². The molecule has 4 N–H and O–H groups in total. The lowest BCUT2D eigenvalue weighted by Crippen LogP contribution is -2.43. The van der Waals surface area contributed by atoms with E-state index < -0.39 is 34.4 Å². The summed E-state index contributed by atoms with van der Waals surface area (Å²) in [4.78, 5) is 22.3. The zero-order chi connectivity index (χ0) is 13.9. The summed E-state index contributed by atoms with van der Waals surface area (Å²) in [7, 11) is -3.95. The Kier molecular flexibility index (Phi) is 4.43. The third-order valence-corrected chi connectivity index (χ3v) is 4.95. The molecule has 0 fully saturated rings. The monoisotopic (exact) mass is 292 g/mol. The van der Waals surface area contributed by atoms with Gasteiger partial charge in [-0.3, -0.25) is 9.59 Å². The van der Waals surface area contributed by atoms with Gasteiger partial charge in [-0.05, 0) is 19.1 Å². The highest BCUT2D eigenvalue weighted by atomic mass is 32.2. The van der Waals surface area contributed by atoms with Crippen molar-refractivity contribution in [1.29, 1.82) is 0 Å². The van der Waals surface area contributed by atoms with E-state index in [0.29, 0.717) is 0 Å². The largest absolute Gasteiger partial charge is 0.480 e. The van der Waals surface area contributed by atoms with Crippen LogP contribution in [0.1, 0.15) is 11.3 Å². The number of rotatable bonds is 6. The number of amides is 1. The molecule has 9 heteroatoms. The van der Waals surface area contributed by atoms with Crippen LogP contribution in [0.15, 0.2) is 16.3 Å². The van der Waals surface area contributed by atoms with Gasteiger partial charge in [-0.25, -0.2) is 8.42 Å². The number of nitrogens with one attached hydrogen (secondary N) is 1. The Bertz CT molecular complexity index is 563. The van der Waals surface area contributed by atoms with Gasteiger partial charge < -0.3 is 10.8 Å². The highest BCUT2D eigenvalue weighted by molar-refractivity contribution is 7.91. The summed E-state index contributed by atoms with van der Waals surface area (Å²) in [5.41, 5.74) is 4.86. The smallest absolute Gasteiger partial charge is 0.322 e. The van der Waals surface area contributed by atoms with Crippen LogP contribution in [0.5, 0.6) is 0 Å². The predicted octanol–water partition coefficient (Wildman–Crippen LogP) is -0.337. The summed E-state index contributed by atoms with van der Waals surface area (Å²) in [5, 5.41) is 8.81. The van der Waals surface area contributed by atoms with E-state index in [1.807, 2.05) is 4.72 Å². The highest BCUT2D eigenvalue weighted by Gasteiger charge is 2.27. The molecule has 1 atom stereocenters. The second-order valence-corrected chi connectivity index (χ2v) is 6.78. The molecule has 0 aromatic carbocycles. The number of aliphatic carboxylic acids is 1. The van der Waals surface area contributed by atoms with Gasteiger partial charge in [-0.15, -0.1) is 11.3 Å². The number of carbonyl (C=O) groups is 2. The lowest BCUT2D eigenvalue weighted by molar-refractivity contribution is -0.140. The molecule has 0 saturated heterocycles. The first kappa shape index (κ1) is 14.6. The van der Waals surface area contributed by atoms with Gasteiger partial charge in [0.25, 0.3) is 10.0 Å². The first-order valence-electron chi connectivity index (χ1n) is 4.82. The molecule has 100 valence electrons. The van der Waals surface area contributed by atoms with Gasteiger partial charge in [0.15, 0.2) is 0 Å². The number of aryl methyl sites for hydroxylation is 1. The summed E-state index contributed by atoms with van der Waals surface area (Å²) >= 11 is 1.01. The Morgan fingerprint density at radius 1 is 1.50 bits per heavy atom. The van der Waals surface area contributed by atoms with Crippen molar-refractivity contribution >= 4 is 33.2 Å². The normalized spacial score (nSPS) is 13.2. The average molecular weight is 292 g/mol. The molecular weight excluding hydrogens is 280 g/mol. The third kappa shape index (κ3) is 3.79. The maximum atomic E-state index is 11.8. The molecule has 18 heavy (non-hydrogen) atoms. The van der Waals surface area contributed by atoms with E-state index in [4.69, 9.17) is 10.8 Å². The number of primary amides is 1. The van der Waals surface area contributed by atoms with Crippen molar-refractivity contribution in [2.75, 3.05) is 0 Å². The molecule has 1 amide bonds. The quantitative estimate of drug-likeness (QED) is 0.661. The Balaban J connectivity index is 2.93. The van der Waals surface area contributed by atoms with Crippen molar-refractivity contribution in [2.45, 2.75) is 23.6 Å². The fourth-order valence-corrected chi connectivity index (χ4v) is 3.67. The van der Waals surface area contributed by atoms with Gasteiger partial charge in [-0.2, -0.15) is 4.72 Å². The van der Waals surface area contributed by atoms with Gasteiger partial charge in [0.1, 0.15) is 10.3 Å². The zero-order valence-corrected chi connectivity index (χ0v) is 11.0. The SMILES string of the molecule is Cc1ccc(S(=O)(=O)N[C@@H](CC(N)=O)C(=O)O)s1. The third-order valence-electron chi connectivity index (χ3n) is 1.98. The second-order valence-electron chi connectivity index (χ2n) is 3.55. The van der Waals surface area contributed by atoms with Crippen molar-refractivity contribution in [3.05, 3.63) is 17.0 Å². The van der Waals surface area contributed by atoms with E-state index in [0.717, 1.165) is 16.2 Å². The molecule has 1 rings (SSSR count). The van der Waals surface area contributed by atoms with Crippen LogP contribution in [0, 0.1) is 6.92 Å². The molecule has 1 heterocycles. The number of hydrogen-bond acceptors (Lipinski definition) is 5. The molecule has 0 aliphatic rings. The topological polar surface area (TPSA) is 127 Å². The van der Waals surface area contributed by atoms with Crippen LogP contribution in [0.2, 0.25) is 0 Å². The van der Waals surface area contributed by atoms with Crippen LogP contribution in [-0.2, 0) is 19.6 Å². The Morgan fingerprint density at radius 3 is 2.50 bits per heavy atom. The molecule has 1 aromatic rings. The fraction of sp³-hybridized carbons (Fsp3) is 0.333. The summed E-state index contributed by atoms with van der Waals surface area (Å²) in [6, 6.07) is 1.41. The molecular formula is C9H12N2O5S2. The van der Waals surface area contributed by atoms with Crippen LogP contribution in [0.3, 0.4) is 0 Å². The lowest BCUT2D eigenvalue weighted by Gasteiger charge is -2.11. The molecule has 0 aliphatic carbocycles. The highest BCUT2D eigenvalue weighted by Crippen LogP contribution is 2.20. The standard InChI is InChI=1S/C9H12N2O5S2/c1-5-2-3-8(17-5)18(15,16)11-6(9(13)14)4-7(10)12/h2-3,6,11H,4H2,1H3,(H2,10,12)(H,13,14)/t6-/m0/s1. The van der Waals surface area contributed by atoms with Crippen LogP contribution in [-0.4, -0.2) is 31.4 Å². The Morgan fingerprint density at radius 2 is 2.11 bits per heavy atom. The van der Waals surface area contributed by atoms with E-state index in [1.165, 1.54) is 6.07 Å². The number of thiophene rings is 1. The number of carboxylic acid groups (broad SMARTS) is 1. The van der Waals surface area contributed by atoms with E-state index in [2.05, 4.69) is 0 Å². The number of carbonyl (C=O) groups excluding carboxylic acids is 1. The molecule has 0 aliphatic heterocycles. The molecule has 7 nitrogen and oxygen atoms in total. The van der Waals surface area contributed by atoms with Gasteiger partial charge in [0, 0.05) is 4.88 Å². The van der Waals surface area contributed by atoms with Gasteiger partial charge in [-0.1, -0.05) is 0 Å². The number of sulfonamides is 1. The maximum Gasteiger partial charge on any atom is 0.322 e. The molecule has 0 radical (unpaired) electrons. The molecule has 0 unspecified atom stereocenters. The van der Waals surface area contributed by atoms with Crippen LogP contribution >= 0.6 is 11.3 Å².